The topological polar surface area (TPSA) is 46.0 Å². The highest BCUT2D eigenvalue weighted by Gasteiger charge is 2.21. The number of para-hydroxylation sites is 9. The highest BCUT2D eigenvalue weighted by atomic mass is 16.3. The highest BCUT2D eigenvalue weighted by Crippen LogP contribution is 2.43. The van der Waals surface area contributed by atoms with Crippen LogP contribution in [0, 0.1) is 0 Å². The predicted octanol–water partition coefficient (Wildman–Crippen LogP) is 22.9. The first kappa shape index (κ1) is 50.1. The minimum Gasteiger partial charge on any atom is -0.456 e. The van der Waals surface area contributed by atoms with Crippen molar-refractivity contribution in [3.63, 3.8) is 0 Å². The minimum absolute atomic E-state index is 0.902. The van der Waals surface area contributed by atoms with E-state index in [-0.39, 0.29) is 0 Å². The van der Waals surface area contributed by atoms with Crippen LogP contribution in [0.3, 0.4) is 0 Å². The van der Waals surface area contributed by atoms with E-state index in [9.17, 15) is 0 Å². The third-order valence-corrected chi connectivity index (χ3v) is 18.6. The Hall–Kier alpha value is -12.1. The molecule has 20 rings (SSSR count). The van der Waals surface area contributed by atoms with E-state index in [2.05, 4.69) is 309 Å². The van der Waals surface area contributed by atoms with E-state index in [4.69, 9.17) is 8.83 Å². The molecule has 6 heterocycles. The molecule has 14 aromatic carbocycles. The van der Waals surface area contributed by atoms with Gasteiger partial charge in [-0.05, 0) is 150 Å². The second-order valence-corrected chi connectivity index (χ2v) is 23.5. The van der Waals surface area contributed by atoms with Crippen LogP contribution in [-0.4, -0.2) is 18.3 Å². The SMILES string of the molecule is c1ccc(-n2c3ccccc3c3cc(-c4ccc5c(c4)c4ccccc4n5-c4ccc5c(c4)oc4ccccc45)ccc32)cc1.c1ccc(-n2c3ccccc3c3cc(-c4ccc5c(c4)c4ccccc4n5-c4cccc5c4oc4ccccc45)ccc32)cc1. The van der Waals surface area contributed by atoms with Crippen molar-refractivity contribution in [2.75, 3.05) is 0 Å². The summed E-state index contributed by atoms with van der Waals surface area (Å²) in [5, 5.41) is 14.5. The van der Waals surface area contributed by atoms with Crippen molar-refractivity contribution in [3.8, 4) is 45.0 Å². The van der Waals surface area contributed by atoms with Crippen molar-refractivity contribution in [1.82, 2.24) is 18.3 Å². The predicted molar refractivity (Wildman–Crippen MR) is 376 cm³/mol. The van der Waals surface area contributed by atoms with Crippen LogP contribution in [0.15, 0.2) is 324 Å². The molecule has 0 saturated carbocycles. The van der Waals surface area contributed by atoms with Crippen LogP contribution in [0.2, 0.25) is 0 Å². The summed E-state index contributed by atoms with van der Waals surface area (Å²) >= 11 is 0. The summed E-state index contributed by atoms with van der Waals surface area (Å²) < 4.78 is 22.2. The lowest BCUT2D eigenvalue weighted by molar-refractivity contribution is 0.666. The van der Waals surface area contributed by atoms with Crippen molar-refractivity contribution in [2.45, 2.75) is 0 Å². The second-order valence-electron chi connectivity index (χ2n) is 23.5. The van der Waals surface area contributed by atoms with Crippen molar-refractivity contribution in [1.29, 1.82) is 0 Å². The summed E-state index contributed by atoms with van der Waals surface area (Å²) in [6.07, 6.45) is 0. The van der Waals surface area contributed by atoms with E-state index in [0.29, 0.717) is 0 Å². The minimum atomic E-state index is 0.902. The van der Waals surface area contributed by atoms with Crippen molar-refractivity contribution < 1.29 is 8.83 Å². The molecule has 90 heavy (non-hydrogen) atoms. The molecule has 0 fully saturated rings. The molecule has 0 N–H and O–H groups in total. The van der Waals surface area contributed by atoms with Crippen LogP contribution in [-0.2, 0) is 0 Å². The average Bonchev–Trinajstić information content (AvgIpc) is 1.78. The van der Waals surface area contributed by atoms with Gasteiger partial charge in [0.1, 0.15) is 16.7 Å². The summed E-state index contributed by atoms with van der Waals surface area (Å²) in [5.74, 6) is 0. The third-order valence-electron chi connectivity index (χ3n) is 18.6. The largest absolute Gasteiger partial charge is 0.456 e. The summed E-state index contributed by atoms with van der Waals surface area (Å²) in [6.45, 7) is 0. The maximum Gasteiger partial charge on any atom is 0.159 e. The standard InChI is InChI=1S/2C42H26N2O/c1-2-11-29(12-3-1)43-36-17-7-4-13-30(36)34-25-27(21-23-38(34)43)28-22-24-39-35(26-28)31-14-5-8-18-37(31)44(39)40-19-10-16-33-32-15-6-9-20-41(32)45-42(33)40;1-2-10-29(11-3-1)43-37-15-7-4-12-31(37)35-24-27(18-22-39(35)43)28-19-23-40-36(25-28)32-13-5-8-16-38(32)44(40)30-20-21-34-33-14-6-9-17-41(33)45-42(34)26-30/h2*1-26H. The number of nitrogens with zero attached hydrogens (tertiary/aromatic N) is 4. The molecule has 0 bridgehead atoms. The molecule has 0 radical (unpaired) electrons. The lowest BCUT2D eigenvalue weighted by atomic mass is 10.0. The zero-order chi connectivity index (χ0) is 59.0. The fourth-order valence-electron chi connectivity index (χ4n) is 14.6. The molecule has 0 aliphatic carbocycles. The number of rotatable bonds is 6. The van der Waals surface area contributed by atoms with Gasteiger partial charge in [-0.15, -0.1) is 0 Å². The van der Waals surface area contributed by atoms with E-state index in [0.717, 1.165) is 60.8 Å². The monoisotopic (exact) mass is 1150 g/mol. The van der Waals surface area contributed by atoms with E-state index >= 15 is 0 Å². The van der Waals surface area contributed by atoms with Crippen LogP contribution in [0.5, 0.6) is 0 Å². The molecule has 6 nitrogen and oxygen atoms in total. The van der Waals surface area contributed by atoms with Crippen LogP contribution >= 0.6 is 0 Å². The number of furan rings is 2. The quantitative estimate of drug-likeness (QED) is 0.167. The summed E-state index contributed by atoms with van der Waals surface area (Å²) in [4.78, 5) is 0. The Labute approximate surface area is 515 Å². The molecule has 6 heteroatoms. The average molecular weight is 1150 g/mol. The summed E-state index contributed by atoms with van der Waals surface area (Å²) in [6, 6.07) is 113. The molecule has 0 spiro atoms. The van der Waals surface area contributed by atoms with Gasteiger partial charge < -0.3 is 27.1 Å². The lowest BCUT2D eigenvalue weighted by Crippen LogP contribution is -1.94. The first-order chi connectivity index (χ1) is 44.6. The van der Waals surface area contributed by atoms with Crippen molar-refractivity contribution >= 4 is 131 Å². The zero-order valence-corrected chi connectivity index (χ0v) is 48.6. The Kier molecular flexibility index (Phi) is 11.0. The molecular weight excluding hydrogens is 1100 g/mol. The molecule has 0 aliphatic heterocycles. The molecule has 0 saturated heterocycles. The van der Waals surface area contributed by atoms with Gasteiger partial charge in [-0.25, -0.2) is 0 Å². The van der Waals surface area contributed by atoms with Crippen molar-refractivity contribution in [3.05, 3.63) is 315 Å². The first-order valence-electron chi connectivity index (χ1n) is 30.7. The number of fused-ring (bicyclic) bond motifs is 18. The van der Waals surface area contributed by atoms with Gasteiger partial charge in [0.25, 0.3) is 0 Å². The van der Waals surface area contributed by atoms with Crippen LogP contribution in [0.25, 0.3) is 176 Å². The molecule has 0 aliphatic rings. The van der Waals surface area contributed by atoms with E-state index in [1.807, 2.05) is 24.3 Å². The van der Waals surface area contributed by atoms with E-state index < -0.39 is 0 Å². The van der Waals surface area contributed by atoms with Crippen LogP contribution in [0.1, 0.15) is 0 Å². The fraction of sp³-hybridized carbons (Fsp3) is 0. The van der Waals surface area contributed by atoms with Gasteiger partial charge in [-0.2, -0.15) is 0 Å². The van der Waals surface area contributed by atoms with Gasteiger partial charge in [0.2, 0.25) is 0 Å². The maximum absolute atomic E-state index is 6.49. The Morgan fingerprint density at radius 2 is 0.511 bits per heavy atom. The summed E-state index contributed by atoms with van der Waals surface area (Å²) in [7, 11) is 0. The van der Waals surface area contributed by atoms with Gasteiger partial charge in [0.05, 0.1) is 49.8 Å². The van der Waals surface area contributed by atoms with Crippen LogP contribution < -0.4 is 0 Å². The van der Waals surface area contributed by atoms with E-state index in [1.165, 1.54) is 115 Å². The van der Waals surface area contributed by atoms with Gasteiger partial charge in [0.15, 0.2) is 5.58 Å². The Balaban J connectivity index is 0.000000130. The molecule has 0 unspecified atom stereocenters. The molecule has 0 atom stereocenters. The number of aromatic nitrogens is 4. The van der Waals surface area contributed by atoms with Gasteiger partial charge >= 0.3 is 0 Å². The molecule has 0 amide bonds. The summed E-state index contributed by atoms with van der Waals surface area (Å²) in [5.41, 5.74) is 22.5. The fourth-order valence-corrected chi connectivity index (χ4v) is 14.6. The van der Waals surface area contributed by atoms with Crippen LogP contribution in [0.4, 0.5) is 0 Å². The second kappa shape index (κ2) is 19.7. The van der Waals surface area contributed by atoms with Crippen molar-refractivity contribution in [2.24, 2.45) is 0 Å². The number of benzene rings is 14. The molecule has 20 aromatic rings. The Morgan fingerprint density at radius 3 is 0.978 bits per heavy atom. The highest BCUT2D eigenvalue weighted by molar-refractivity contribution is 6.16. The van der Waals surface area contributed by atoms with E-state index in [1.54, 1.807) is 0 Å². The number of hydrogen-bond acceptors (Lipinski definition) is 2. The van der Waals surface area contributed by atoms with Gasteiger partial charge in [-0.1, -0.05) is 182 Å². The van der Waals surface area contributed by atoms with Gasteiger partial charge in [-0.3, -0.25) is 0 Å². The Morgan fingerprint density at radius 1 is 0.178 bits per heavy atom. The molecule has 6 aromatic heterocycles. The smallest absolute Gasteiger partial charge is 0.159 e. The normalized spacial score (nSPS) is 12.0. The molecular formula is C84H52N4O2. The van der Waals surface area contributed by atoms with Gasteiger partial charge in [0, 0.05) is 87.8 Å². The first-order valence-corrected chi connectivity index (χ1v) is 30.7. The lowest BCUT2D eigenvalue weighted by Gasteiger charge is -2.10. The zero-order valence-electron chi connectivity index (χ0n) is 48.6. The Bertz CT molecular complexity index is 6290. The maximum atomic E-state index is 6.49. The number of hydrogen-bond donors (Lipinski definition) is 0. The third kappa shape index (κ3) is 7.58. The molecule has 420 valence electrons.